The zero-order valence-electron chi connectivity index (χ0n) is 26.1. The van der Waals surface area contributed by atoms with Crippen molar-refractivity contribution in [2.45, 2.75) is 50.7 Å². The molecule has 0 aromatic heterocycles. The molecule has 0 spiro atoms. The second kappa shape index (κ2) is 15.5. The van der Waals surface area contributed by atoms with Gasteiger partial charge in [-0.3, -0.25) is 13.9 Å². The van der Waals surface area contributed by atoms with Crippen molar-refractivity contribution in [1.29, 1.82) is 0 Å². The number of halogens is 2. The van der Waals surface area contributed by atoms with Gasteiger partial charge in [-0.15, -0.1) is 0 Å². The monoisotopic (exact) mass is 681 g/mol. The van der Waals surface area contributed by atoms with E-state index in [0.29, 0.717) is 27.0 Å². The summed E-state index contributed by atoms with van der Waals surface area (Å²) in [4.78, 5) is 29.7. The van der Waals surface area contributed by atoms with Gasteiger partial charge in [0.05, 0.1) is 27.7 Å². The number of anilines is 1. The van der Waals surface area contributed by atoms with Gasteiger partial charge in [-0.1, -0.05) is 77.3 Å². The highest BCUT2D eigenvalue weighted by atomic mass is 35.5. The first-order valence-electron chi connectivity index (χ1n) is 14.7. The molecule has 1 atom stereocenters. The number of carbonyl (C=O) groups excluding carboxylic acids is 2. The minimum absolute atomic E-state index is 0.0175. The summed E-state index contributed by atoms with van der Waals surface area (Å²) in [5, 5.41) is 3.58. The van der Waals surface area contributed by atoms with Crippen molar-refractivity contribution in [3.63, 3.8) is 0 Å². The SMILES string of the molecule is COc1ccc(S(=O)(=O)N(CC(=O)N(Cc2ccc(Cl)c(Cl)c2)[C@H](Cc2ccccc2)C(=O)NC(C)C)c2ccc(C)cc2)cc1. The third-order valence-corrected chi connectivity index (χ3v) is 9.81. The van der Waals surface area contributed by atoms with Crippen LogP contribution in [-0.4, -0.2) is 50.9 Å². The number of rotatable bonds is 13. The van der Waals surface area contributed by atoms with E-state index in [2.05, 4.69) is 5.32 Å². The zero-order chi connectivity index (χ0) is 33.4. The van der Waals surface area contributed by atoms with Crippen LogP contribution in [0.15, 0.2) is 102 Å². The number of methoxy groups -OCH3 is 1. The molecule has 0 fully saturated rings. The average Bonchev–Trinajstić information content (AvgIpc) is 3.03. The Labute approximate surface area is 280 Å². The molecule has 8 nitrogen and oxygen atoms in total. The van der Waals surface area contributed by atoms with E-state index < -0.39 is 28.5 Å². The number of carbonyl (C=O) groups is 2. The molecule has 0 aliphatic carbocycles. The van der Waals surface area contributed by atoms with Gasteiger partial charge in [0.15, 0.2) is 0 Å². The second-order valence-corrected chi connectivity index (χ2v) is 13.8. The number of ether oxygens (including phenoxy) is 1. The molecule has 0 heterocycles. The predicted octanol–water partition coefficient (Wildman–Crippen LogP) is 6.67. The topological polar surface area (TPSA) is 96.0 Å². The van der Waals surface area contributed by atoms with Crippen molar-refractivity contribution in [3.8, 4) is 5.75 Å². The van der Waals surface area contributed by atoms with Crippen LogP contribution in [0, 0.1) is 6.92 Å². The van der Waals surface area contributed by atoms with Crippen LogP contribution in [-0.2, 0) is 32.6 Å². The summed E-state index contributed by atoms with van der Waals surface area (Å²) < 4.78 is 34.6. The molecule has 2 amide bonds. The normalized spacial score (nSPS) is 12.0. The van der Waals surface area contributed by atoms with Crippen LogP contribution in [0.1, 0.15) is 30.5 Å². The van der Waals surface area contributed by atoms with Crippen molar-refractivity contribution >= 4 is 50.7 Å². The van der Waals surface area contributed by atoms with Gasteiger partial charge < -0.3 is 15.0 Å². The van der Waals surface area contributed by atoms with E-state index in [4.69, 9.17) is 27.9 Å². The molecule has 4 rings (SSSR count). The fourth-order valence-electron chi connectivity index (χ4n) is 4.88. The van der Waals surface area contributed by atoms with Crippen LogP contribution >= 0.6 is 23.2 Å². The molecule has 1 N–H and O–H groups in total. The van der Waals surface area contributed by atoms with E-state index in [1.54, 1.807) is 54.6 Å². The third kappa shape index (κ3) is 8.81. The second-order valence-electron chi connectivity index (χ2n) is 11.2. The Morgan fingerprint density at radius 3 is 2.09 bits per heavy atom. The zero-order valence-corrected chi connectivity index (χ0v) is 28.4. The van der Waals surface area contributed by atoms with E-state index in [1.165, 1.54) is 24.1 Å². The van der Waals surface area contributed by atoms with Gasteiger partial charge in [-0.05, 0) is 80.4 Å². The molecule has 0 aliphatic rings. The molecule has 0 unspecified atom stereocenters. The van der Waals surface area contributed by atoms with Gasteiger partial charge in [0.1, 0.15) is 18.3 Å². The van der Waals surface area contributed by atoms with Crippen LogP contribution in [0.2, 0.25) is 10.0 Å². The third-order valence-electron chi connectivity index (χ3n) is 7.29. The van der Waals surface area contributed by atoms with E-state index >= 15 is 0 Å². The van der Waals surface area contributed by atoms with Crippen molar-refractivity contribution in [3.05, 3.63) is 124 Å². The highest BCUT2D eigenvalue weighted by molar-refractivity contribution is 7.92. The maximum atomic E-state index is 14.5. The quantitative estimate of drug-likeness (QED) is 0.170. The molecule has 242 valence electrons. The summed E-state index contributed by atoms with van der Waals surface area (Å²) in [6.45, 7) is 4.96. The van der Waals surface area contributed by atoms with Gasteiger partial charge in [-0.25, -0.2) is 8.42 Å². The highest BCUT2D eigenvalue weighted by Crippen LogP contribution is 2.28. The Morgan fingerprint density at radius 1 is 0.848 bits per heavy atom. The number of amides is 2. The lowest BCUT2D eigenvalue weighted by Gasteiger charge is -2.34. The Kier molecular flexibility index (Phi) is 11.7. The number of benzene rings is 4. The molecule has 0 bridgehead atoms. The summed E-state index contributed by atoms with van der Waals surface area (Å²) in [6, 6.07) is 26.0. The number of aryl methyl sites for hydroxylation is 1. The molecule has 0 saturated heterocycles. The number of hydrogen-bond donors (Lipinski definition) is 1. The molecule has 4 aromatic carbocycles. The van der Waals surface area contributed by atoms with Gasteiger partial charge in [-0.2, -0.15) is 0 Å². The number of sulfonamides is 1. The minimum atomic E-state index is -4.24. The van der Waals surface area contributed by atoms with Crippen LogP contribution in [0.4, 0.5) is 5.69 Å². The lowest BCUT2D eigenvalue weighted by atomic mass is 10.0. The standard InChI is InChI=1S/C35H37Cl2N3O5S/c1-24(2)38-35(42)33(21-26-8-6-5-7-9-26)39(22-27-12-19-31(36)32(37)20-27)34(41)23-40(28-13-10-25(3)11-14-28)46(43,44)30-17-15-29(45-4)16-18-30/h5-20,24,33H,21-23H2,1-4H3,(H,38,42)/t33-/m1/s1. The number of hydrogen-bond acceptors (Lipinski definition) is 5. The van der Waals surface area contributed by atoms with Crippen molar-refractivity contribution in [1.82, 2.24) is 10.2 Å². The molecule has 46 heavy (non-hydrogen) atoms. The van der Waals surface area contributed by atoms with E-state index in [1.807, 2.05) is 51.1 Å². The summed E-state index contributed by atoms with van der Waals surface area (Å²) in [5.74, 6) is -0.458. The molecule has 0 saturated carbocycles. The summed E-state index contributed by atoms with van der Waals surface area (Å²) in [6.07, 6.45) is 0.197. The first-order chi connectivity index (χ1) is 21.9. The predicted molar refractivity (Wildman–Crippen MR) is 183 cm³/mol. The number of nitrogens with one attached hydrogen (secondary N) is 1. The molecular formula is C35H37Cl2N3O5S. The average molecular weight is 683 g/mol. The van der Waals surface area contributed by atoms with E-state index in [9.17, 15) is 18.0 Å². The summed E-state index contributed by atoms with van der Waals surface area (Å²) in [5.41, 5.74) is 2.68. The van der Waals surface area contributed by atoms with E-state index in [-0.39, 0.29) is 29.8 Å². The fourth-order valence-corrected chi connectivity index (χ4v) is 6.62. The lowest BCUT2D eigenvalue weighted by Crippen LogP contribution is -2.54. The summed E-state index contributed by atoms with van der Waals surface area (Å²) >= 11 is 12.5. The maximum Gasteiger partial charge on any atom is 0.264 e. The molecule has 0 radical (unpaired) electrons. The van der Waals surface area contributed by atoms with Crippen LogP contribution < -0.4 is 14.4 Å². The van der Waals surface area contributed by atoms with Gasteiger partial charge in [0.2, 0.25) is 11.8 Å². The lowest BCUT2D eigenvalue weighted by molar-refractivity contribution is -0.140. The smallest absolute Gasteiger partial charge is 0.264 e. The Bertz CT molecular complexity index is 1750. The van der Waals surface area contributed by atoms with Gasteiger partial charge >= 0.3 is 0 Å². The van der Waals surface area contributed by atoms with Crippen molar-refractivity contribution < 1.29 is 22.7 Å². The van der Waals surface area contributed by atoms with Crippen LogP contribution in [0.5, 0.6) is 5.75 Å². The fraction of sp³-hybridized carbons (Fsp3) is 0.257. The highest BCUT2D eigenvalue weighted by Gasteiger charge is 2.35. The van der Waals surface area contributed by atoms with Gasteiger partial charge in [0.25, 0.3) is 10.0 Å². The Morgan fingerprint density at radius 2 is 1.50 bits per heavy atom. The Balaban J connectivity index is 1.81. The molecular weight excluding hydrogens is 645 g/mol. The van der Waals surface area contributed by atoms with Crippen molar-refractivity contribution in [2.24, 2.45) is 0 Å². The Hall–Kier alpha value is -4.05. The molecule has 0 aliphatic heterocycles. The van der Waals surface area contributed by atoms with Crippen LogP contribution in [0.3, 0.4) is 0 Å². The molecule has 4 aromatic rings. The molecule has 11 heteroatoms. The first kappa shape index (κ1) is 34.8. The van der Waals surface area contributed by atoms with Gasteiger partial charge in [0, 0.05) is 19.0 Å². The maximum absolute atomic E-state index is 14.5. The first-order valence-corrected chi connectivity index (χ1v) is 16.9. The van der Waals surface area contributed by atoms with Crippen LogP contribution in [0.25, 0.3) is 0 Å². The summed E-state index contributed by atoms with van der Waals surface area (Å²) in [7, 11) is -2.75. The largest absolute Gasteiger partial charge is 0.497 e. The number of nitrogens with zero attached hydrogens (tertiary/aromatic N) is 2. The van der Waals surface area contributed by atoms with Crippen molar-refractivity contribution in [2.75, 3.05) is 18.0 Å². The minimum Gasteiger partial charge on any atom is -0.497 e. The van der Waals surface area contributed by atoms with E-state index in [0.717, 1.165) is 15.4 Å².